The molecule has 1 saturated heterocycles. The van der Waals surface area contributed by atoms with Gasteiger partial charge in [-0.15, -0.1) is 0 Å². The Hall–Kier alpha value is -0.863. The molecule has 14 heavy (non-hydrogen) atoms. The molecule has 73 valence electrons. The number of hydrogen-bond acceptors (Lipinski definition) is 1. The lowest BCUT2D eigenvalue weighted by atomic mass is 10.2. The van der Waals surface area contributed by atoms with Crippen LogP contribution in [0.4, 0.5) is 0 Å². The van der Waals surface area contributed by atoms with Crippen molar-refractivity contribution in [3.05, 3.63) is 36.4 Å². The van der Waals surface area contributed by atoms with Crippen molar-refractivity contribution in [2.45, 2.75) is 18.9 Å². The molecule has 0 spiro atoms. The van der Waals surface area contributed by atoms with Gasteiger partial charge in [0.1, 0.15) is 0 Å². The van der Waals surface area contributed by atoms with Crippen LogP contribution in [-0.4, -0.2) is 15.6 Å². The standard InChI is InChI=1S/C12H15OSi/c1-2-11-7-3-4-8-12(11)14-10-6-5-9-13-14/h2-4,7-8H,1,5-6,9-10H2. The van der Waals surface area contributed by atoms with E-state index in [0.717, 1.165) is 6.61 Å². The lowest BCUT2D eigenvalue weighted by molar-refractivity contribution is 0.294. The van der Waals surface area contributed by atoms with Crippen LogP contribution in [0.5, 0.6) is 0 Å². The third kappa shape index (κ3) is 1.96. The maximum absolute atomic E-state index is 5.86. The van der Waals surface area contributed by atoms with E-state index >= 15 is 0 Å². The van der Waals surface area contributed by atoms with Crippen LogP contribution in [0.3, 0.4) is 0 Å². The van der Waals surface area contributed by atoms with Gasteiger partial charge in [-0.3, -0.25) is 0 Å². The van der Waals surface area contributed by atoms with E-state index in [0.29, 0.717) is 0 Å². The lowest BCUT2D eigenvalue weighted by Crippen LogP contribution is -2.37. The molecule has 0 unspecified atom stereocenters. The molecule has 0 amide bonds. The van der Waals surface area contributed by atoms with E-state index in [1.54, 1.807) is 0 Å². The van der Waals surface area contributed by atoms with Crippen LogP contribution in [0.2, 0.25) is 6.04 Å². The molecule has 1 aliphatic heterocycles. The molecule has 1 heterocycles. The van der Waals surface area contributed by atoms with Gasteiger partial charge in [-0.2, -0.15) is 0 Å². The maximum Gasteiger partial charge on any atom is 0.247 e. The molecule has 1 nitrogen and oxygen atoms in total. The highest BCUT2D eigenvalue weighted by Gasteiger charge is 2.21. The van der Waals surface area contributed by atoms with Crippen LogP contribution in [-0.2, 0) is 4.43 Å². The highest BCUT2D eigenvalue weighted by molar-refractivity contribution is 6.68. The molecule has 1 radical (unpaired) electrons. The lowest BCUT2D eigenvalue weighted by Gasteiger charge is -2.21. The van der Waals surface area contributed by atoms with Crippen LogP contribution in [0.1, 0.15) is 18.4 Å². The first kappa shape index (κ1) is 9.68. The van der Waals surface area contributed by atoms with Crippen LogP contribution in [0.15, 0.2) is 30.8 Å². The quantitative estimate of drug-likeness (QED) is 0.670. The first-order chi connectivity index (χ1) is 6.92. The van der Waals surface area contributed by atoms with Gasteiger partial charge in [0, 0.05) is 6.61 Å². The molecule has 1 fully saturated rings. The summed E-state index contributed by atoms with van der Waals surface area (Å²) in [4.78, 5) is 0. The predicted molar refractivity (Wildman–Crippen MR) is 61.9 cm³/mol. The summed E-state index contributed by atoms with van der Waals surface area (Å²) in [5, 5.41) is 1.40. The second-order valence-corrected chi connectivity index (χ2v) is 5.69. The SMILES string of the molecule is C=Cc1ccccc1[Si]1CCCCO1. The Morgan fingerprint density at radius 3 is 2.86 bits per heavy atom. The monoisotopic (exact) mass is 203 g/mol. The molecule has 0 bridgehead atoms. The second-order valence-electron chi connectivity index (χ2n) is 3.52. The first-order valence-electron chi connectivity index (χ1n) is 5.12. The van der Waals surface area contributed by atoms with Gasteiger partial charge < -0.3 is 4.43 Å². The average Bonchev–Trinajstić information content (AvgIpc) is 2.30. The van der Waals surface area contributed by atoms with E-state index in [-0.39, 0.29) is 0 Å². The summed E-state index contributed by atoms with van der Waals surface area (Å²) >= 11 is 0. The minimum absolute atomic E-state index is 0.739. The topological polar surface area (TPSA) is 9.23 Å². The highest BCUT2D eigenvalue weighted by Crippen LogP contribution is 2.12. The van der Waals surface area contributed by atoms with Gasteiger partial charge in [0.05, 0.1) is 0 Å². The number of hydrogen-bond donors (Lipinski definition) is 0. The van der Waals surface area contributed by atoms with Crippen molar-refractivity contribution >= 4 is 20.3 Å². The Morgan fingerprint density at radius 1 is 1.29 bits per heavy atom. The highest BCUT2D eigenvalue weighted by atomic mass is 28.3. The first-order valence-corrected chi connectivity index (χ1v) is 6.74. The molecule has 2 heteroatoms. The van der Waals surface area contributed by atoms with E-state index in [9.17, 15) is 0 Å². The largest absolute Gasteiger partial charge is 0.412 e. The molecule has 1 aromatic rings. The van der Waals surface area contributed by atoms with E-state index in [4.69, 9.17) is 4.43 Å². The Kier molecular flexibility index (Phi) is 3.17. The van der Waals surface area contributed by atoms with E-state index in [1.165, 1.54) is 29.6 Å². The van der Waals surface area contributed by atoms with Gasteiger partial charge in [-0.25, -0.2) is 0 Å². The van der Waals surface area contributed by atoms with Gasteiger partial charge in [-0.1, -0.05) is 43.3 Å². The zero-order valence-corrected chi connectivity index (χ0v) is 9.33. The van der Waals surface area contributed by atoms with Crippen molar-refractivity contribution in [3.8, 4) is 0 Å². The molecule has 0 atom stereocenters. The fourth-order valence-corrected chi connectivity index (χ4v) is 4.12. The van der Waals surface area contributed by atoms with Gasteiger partial charge in [0.15, 0.2) is 0 Å². The Labute approximate surface area is 87.1 Å². The minimum Gasteiger partial charge on any atom is -0.412 e. The van der Waals surface area contributed by atoms with Crippen molar-refractivity contribution in [2.24, 2.45) is 0 Å². The van der Waals surface area contributed by atoms with Crippen LogP contribution < -0.4 is 5.19 Å². The van der Waals surface area contributed by atoms with E-state index in [2.05, 4.69) is 30.8 Å². The second kappa shape index (κ2) is 4.58. The third-order valence-electron chi connectivity index (χ3n) is 2.56. The Bertz CT molecular complexity index is 316. The zero-order chi connectivity index (χ0) is 9.80. The summed E-state index contributed by atoms with van der Waals surface area (Å²) in [6, 6.07) is 9.72. The van der Waals surface area contributed by atoms with Crippen molar-refractivity contribution in [1.29, 1.82) is 0 Å². The predicted octanol–water partition coefficient (Wildman–Crippen LogP) is 2.34. The molecule has 0 aliphatic carbocycles. The Balaban J connectivity index is 2.24. The molecular formula is C12H15OSi. The normalized spacial score (nSPS) is 18.0. The van der Waals surface area contributed by atoms with Crippen LogP contribution >= 0.6 is 0 Å². The summed E-state index contributed by atoms with van der Waals surface area (Å²) in [6.45, 7) is 4.79. The number of rotatable bonds is 2. The molecule has 0 aromatic heterocycles. The third-order valence-corrected chi connectivity index (χ3v) is 4.97. The zero-order valence-electron chi connectivity index (χ0n) is 8.33. The molecule has 0 N–H and O–H groups in total. The van der Waals surface area contributed by atoms with E-state index < -0.39 is 9.04 Å². The summed E-state index contributed by atoms with van der Waals surface area (Å²) in [5.74, 6) is 0. The fraction of sp³-hybridized carbons (Fsp3) is 0.333. The molecular weight excluding hydrogens is 188 g/mol. The summed E-state index contributed by atoms with van der Waals surface area (Å²) in [6.07, 6.45) is 4.48. The van der Waals surface area contributed by atoms with Crippen molar-refractivity contribution < 1.29 is 4.43 Å². The molecule has 1 aliphatic rings. The number of benzene rings is 1. The van der Waals surface area contributed by atoms with Crippen LogP contribution in [0.25, 0.3) is 6.08 Å². The molecule has 0 saturated carbocycles. The maximum atomic E-state index is 5.86. The molecule has 1 aromatic carbocycles. The summed E-state index contributed by atoms with van der Waals surface area (Å²) in [7, 11) is -0.739. The van der Waals surface area contributed by atoms with Gasteiger partial charge in [0.25, 0.3) is 0 Å². The van der Waals surface area contributed by atoms with Gasteiger partial charge in [0.2, 0.25) is 9.04 Å². The van der Waals surface area contributed by atoms with Gasteiger partial charge in [-0.05, 0) is 23.2 Å². The summed E-state index contributed by atoms with van der Waals surface area (Å²) in [5.41, 5.74) is 1.25. The van der Waals surface area contributed by atoms with Crippen molar-refractivity contribution in [2.75, 3.05) is 6.61 Å². The van der Waals surface area contributed by atoms with Crippen molar-refractivity contribution in [3.63, 3.8) is 0 Å². The van der Waals surface area contributed by atoms with E-state index in [1.807, 2.05) is 6.08 Å². The minimum atomic E-state index is -0.739. The Morgan fingerprint density at radius 2 is 2.14 bits per heavy atom. The van der Waals surface area contributed by atoms with Crippen molar-refractivity contribution in [1.82, 2.24) is 0 Å². The average molecular weight is 203 g/mol. The van der Waals surface area contributed by atoms with Crippen LogP contribution in [0, 0.1) is 0 Å². The van der Waals surface area contributed by atoms with Gasteiger partial charge >= 0.3 is 0 Å². The molecule has 2 rings (SSSR count). The fourth-order valence-electron chi connectivity index (χ4n) is 1.80. The summed E-state index contributed by atoms with van der Waals surface area (Å²) < 4.78 is 5.86. The smallest absolute Gasteiger partial charge is 0.247 e.